The molecule has 0 radical (unpaired) electrons. The molecule has 1 aromatic heterocycles. The molecule has 1 aromatic rings. The Labute approximate surface area is 79.7 Å². The number of anilines is 1. The molecule has 0 aliphatic rings. The van der Waals surface area contributed by atoms with Crippen LogP contribution < -0.4 is 5.73 Å². The van der Waals surface area contributed by atoms with E-state index in [1.807, 2.05) is 0 Å². The van der Waals surface area contributed by atoms with E-state index in [1.165, 1.54) is 11.5 Å². The van der Waals surface area contributed by atoms with Crippen molar-refractivity contribution >= 4 is 28.3 Å². The van der Waals surface area contributed by atoms with E-state index in [0.717, 1.165) is 17.2 Å². The van der Waals surface area contributed by atoms with Crippen molar-refractivity contribution in [1.29, 1.82) is 5.26 Å². The molecule has 0 bridgehead atoms. The Kier molecular flexibility index (Phi) is 3.38. The zero-order chi connectivity index (χ0) is 8.97. The largest absolute Gasteiger partial charge is 0.388 e. The van der Waals surface area contributed by atoms with Crippen molar-refractivity contribution in [1.82, 2.24) is 4.37 Å². The Morgan fingerprint density at radius 3 is 3.08 bits per heavy atom. The van der Waals surface area contributed by atoms with Gasteiger partial charge in [-0.3, -0.25) is 0 Å². The lowest BCUT2D eigenvalue weighted by atomic mass is 10.4. The molecule has 3 nitrogen and oxygen atoms in total. The lowest BCUT2D eigenvalue weighted by Crippen LogP contribution is -1.85. The molecule has 0 spiro atoms. The van der Waals surface area contributed by atoms with Crippen LogP contribution in [0.15, 0.2) is 5.03 Å². The molecule has 0 amide bonds. The van der Waals surface area contributed by atoms with Gasteiger partial charge in [0.25, 0.3) is 0 Å². The summed E-state index contributed by atoms with van der Waals surface area (Å²) in [6.45, 7) is 2.09. The number of nitrogen functional groups attached to an aromatic ring is 1. The lowest BCUT2D eigenvalue weighted by molar-refractivity contribution is 1.10. The first kappa shape index (κ1) is 9.36. The molecule has 1 heterocycles. The number of nitrogens with zero attached hydrogens (tertiary/aromatic N) is 2. The van der Waals surface area contributed by atoms with Crippen molar-refractivity contribution in [3.63, 3.8) is 0 Å². The van der Waals surface area contributed by atoms with Crippen molar-refractivity contribution in [3.05, 3.63) is 5.56 Å². The Morgan fingerprint density at radius 1 is 1.75 bits per heavy atom. The minimum atomic E-state index is 0.524. The van der Waals surface area contributed by atoms with Gasteiger partial charge in [0.15, 0.2) is 0 Å². The maximum Gasteiger partial charge on any atom is 0.130 e. The van der Waals surface area contributed by atoms with Crippen molar-refractivity contribution in [3.8, 4) is 6.07 Å². The predicted molar refractivity (Wildman–Crippen MR) is 52.3 cm³/mol. The van der Waals surface area contributed by atoms with E-state index in [4.69, 9.17) is 11.0 Å². The quantitative estimate of drug-likeness (QED) is 0.757. The highest BCUT2D eigenvalue weighted by Gasteiger charge is 2.10. The number of hydrogen-bond acceptors (Lipinski definition) is 5. The summed E-state index contributed by atoms with van der Waals surface area (Å²) in [5.41, 5.74) is 6.08. The fourth-order valence-corrected chi connectivity index (χ4v) is 2.28. The second-order valence-electron chi connectivity index (χ2n) is 2.19. The molecular formula is C7H9N3S2. The van der Waals surface area contributed by atoms with Gasteiger partial charge in [0.1, 0.15) is 21.7 Å². The van der Waals surface area contributed by atoms with E-state index in [1.54, 1.807) is 11.8 Å². The highest BCUT2D eigenvalue weighted by Crippen LogP contribution is 2.28. The molecule has 2 N–H and O–H groups in total. The van der Waals surface area contributed by atoms with Crippen molar-refractivity contribution in [2.24, 2.45) is 0 Å². The monoisotopic (exact) mass is 199 g/mol. The molecular weight excluding hydrogens is 190 g/mol. The van der Waals surface area contributed by atoms with Crippen LogP contribution in [-0.2, 0) is 0 Å². The Morgan fingerprint density at radius 2 is 2.50 bits per heavy atom. The molecule has 1 rings (SSSR count). The fourth-order valence-electron chi connectivity index (χ4n) is 0.687. The maximum absolute atomic E-state index is 8.71. The summed E-state index contributed by atoms with van der Waals surface area (Å²) < 4.78 is 4.08. The molecule has 0 saturated carbocycles. The van der Waals surface area contributed by atoms with Crippen LogP contribution in [0.1, 0.15) is 18.9 Å². The van der Waals surface area contributed by atoms with Gasteiger partial charge in [-0.2, -0.15) is 9.64 Å². The number of nitriles is 1. The van der Waals surface area contributed by atoms with Crippen LogP contribution >= 0.6 is 23.3 Å². The zero-order valence-corrected chi connectivity index (χ0v) is 8.34. The molecule has 5 heteroatoms. The number of rotatable bonds is 3. The van der Waals surface area contributed by atoms with Crippen molar-refractivity contribution in [2.75, 3.05) is 11.5 Å². The van der Waals surface area contributed by atoms with Gasteiger partial charge in [-0.25, -0.2) is 0 Å². The summed E-state index contributed by atoms with van der Waals surface area (Å²) in [5.74, 6) is 0.984. The van der Waals surface area contributed by atoms with Gasteiger partial charge in [0, 0.05) is 0 Å². The SMILES string of the molecule is CCCSc1nsc(N)c1C#N. The van der Waals surface area contributed by atoms with Crippen LogP contribution in [-0.4, -0.2) is 10.1 Å². The minimum absolute atomic E-state index is 0.524. The topological polar surface area (TPSA) is 62.7 Å². The first-order valence-corrected chi connectivity index (χ1v) is 5.33. The Bertz CT molecular complexity index is 300. The maximum atomic E-state index is 8.71. The molecule has 0 aromatic carbocycles. The van der Waals surface area contributed by atoms with E-state index >= 15 is 0 Å². The first-order valence-electron chi connectivity index (χ1n) is 3.57. The van der Waals surface area contributed by atoms with E-state index in [2.05, 4.69) is 17.4 Å². The Balaban J connectivity index is 2.79. The number of aromatic nitrogens is 1. The lowest BCUT2D eigenvalue weighted by Gasteiger charge is -1.93. The Hall–Kier alpha value is -0.730. The summed E-state index contributed by atoms with van der Waals surface area (Å²) in [4.78, 5) is 0. The molecule has 12 heavy (non-hydrogen) atoms. The average molecular weight is 199 g/mol. The molecule has 0 aliphatic carbocycles. The molecule has 0 aliphatic heterocycles. The fraction of sp³-hybridized carbons (Fsp3) is 0.429. The second kappa shape index (κ2) is 4.33. The van der Waals surface area contributed by atoms with Gasteiger partial charge in [0.05, 0.1) is 0 Å². The van der Waals surface area contributed by atoms with Crippen molar-refractivity contribution in [2.45, 2.75) is 18.4 Å². The summed E-state index contributed by atoms with van der Waals surface area (Å²) in [6, 6.07) is 2.05. The third-order valence-corrected chi connectivity index (χ3v) is 3.21. The summed E-state index contributed by atoms with van der Waals surface area (Å²) in [7, 11) is 0. The smallest absolute Gasteiger partial charge is 0.130 e. The highest BCUT2D eigenvalue weighted by atomic mass is 32.2. The van der Waals surface area contributed by atoms with E-state index in [0.29, 0.717) is 10.6 Å². The van der Waals surface area contributed by atoms with Crippen LogP contribution in [0.5, 0.6) is 0 Å². The van der Waals surface area contributed by atoms with Gasteiger partial charge in [-0.15, -0.1) is 11.8 Å². The van der Waals surface area contributed by atoms with E-state index in [9.17, 15) is 0 Å². The molecule has 0 saturated heterocycles. The average Bonchev–Trinajstić information content (AvgIpc) is 2.43. The minimum Gasteiger partial charge on any atom is -0.388 e. The highest BCUT2D eigenvalue weighted by molar-refractivity contribution is 7.99. The normalized spacial score (nSPS) is 9.67. The van der Waals surface area contributed by atoms with Gasteiger partial charge in [-0.05, 0) is 23.7 Å². The van der Waals surface area contributed by atoms with Crippen LogP contribution in [0.25, 0.3) is 0 Å². The third-order valence-electron chi connectivity index (χ3n) is 1.24. The molecule has 0 unspecified atom stereocenters. The zero-order valence-electron chi connectivity index (χ0n) is 6.70. The summed E-state index contributed by atoms with van der Waals surface area (Å²) >= 11 is 2.78. The third kappa shape index (κ3) is 1.90. The second-order valence-corrected chi connectivity index (χ2v) is 4.08. The predicted octanol–water partition coefficient (Wildman–Crippen LogP) is 2.10. The van der Waals surface area contributed by atoms with Crippen LogP contribution in [0.2, 0.25) is 0 Å². The number of thioether (sulfide) groups is 1. The molecule has 0 atom stereocenters. The van der Waals surface area contributed by atoms with Gasteiger partial charge in [-0.1, -0.05) is 6.92 Å². The van der Waals surface area contributed by atoms with Crippen molar-refractivity contribution < 1.29 is 0 Å². The first-order chi connectivity index (χ1) is 5.79. The summed E-state index contributed by atoms with van der Waals surface area (Å²) in [6.07, 6.45) is 1.08. The van der Waals surface area contributed by atoms with E-state index in [-0.39, 0.29) is 0 Å². The van der Waals surface area contributed by atoms with Gasteiger partial charge >= 0.3 is 0 Å². The van der Waals surface area contributed by atoms with Gasteiger partial charge < -0.3 is 5.73 Å². The summed E-state index contributed by atoms with van der Waals surface area (Å²) in [5, 5.41) is 10.0. The number of hydrogen-bond donors (Lipinski definition) is 1. The number of nitrogens with two attached hydrogens (primary N) is 1. The van der Waals surface area contributed by atoms with Crippen LogP contribution in [0.4, 0.5) is 5.00 Å². The molecule has 64 valence electrons. The van der Waals surface area contributed by atoms with Crippen LogP contribution in [0.3, 0.4) is 0 Å². The van der Waals surface area contributed by atoms with E-state index < -0.39 is 0 Å². The van der Waals surface area contributed by atoms with Gasteiger partial charge in [0.2, 0.25) is 0 Å². The standard InChI is InChI=1S/C7H9N3S2/c1-2-3-11-7-5(4-8)6(9)12-10-7/h2-3,9H2,1H3. The molecule has 0 fully saturated rings. The van der Waals surface area contributed by atoms with Crippen LogP contribution in [0, 0.1) is 11.3 Å².